The Kier molecular flexibility index (Phi) is 3.68. The van der Waals surface area contributed by atoms with E-state index in [4.69, 9.17) is 0 Å². The standard InChI is InChI=1S/C13H26N2/c1-4-15-9-13(10-15)14(3)12-7-5-11(2)6-8-12/h11-13H,4-10H2,1-3H3. The molecule has 0 N–H and O–H groups in total. The summed E-state index contributed by atoms with van der Waals surface area (Å²) in [6.07, 6.45) is 5.75. The van der Waals surface area contributed by atoms with Gasteiger partial charge in [-0.1, -0.05) is 13.8 Å². The summed E-state index contributed by atoms with van der Waals surface area (Å²) in [5.74, 6) is 0.975. The molecule has 1 aliphatic heterocycles. The Morgan fingerprint density at radius 3 is 2.20 bits per heavy atom. The molecule has 0 unspecified atom stereocenters. The van der Waals surface area contributed by atoms with Crippen molar-refractivity contribution in [2.75, 3.05) is 26.7 Å². The minimum absolute atomic E-state index is 0.850. The van der Waals surface area contributed by atoms with Crippen molar-refractivity contribution in [3.8, 4) is 0 Å². The van der Waals surface area contributed by atoms with Crippen molar-refractivity contribution < 1.29 is 0 Å². The van der Waals surface area contributed by atoms with Crippen molar-refractivity contribution in [2.45, 2.75) is 51.6 Å². The summed E-state index contributed by atoms with van der Waals surface area (Å²) < 4.78 is 0. The monoisotopic (exact) mass is 210 g/mol. The van der Waals surface area contributed by atoms with Gasteiger partial charge in [0.25, 0.3) is 0 Å². The highest BCUT2D eigenvalue weighted by molar-refractivity contribution is 4.90. The van der Waals surface area contributed by atoms with Crippen LogP contribution in [0.15, 0.2) is 0 Å². The minimum Gasteiger partial charge on any atom is -0.300 e. The van der Waals surface area contributed by atoms with E-state index in [9.17, 15) is 0 Å². The van der Waals surface area contributed by atoms with E-state index in [2.05, 4.69) is 30.7 Å². The Balaban J connectivity index is 1.74. The van der Waals surface area contributed by atoms with Crippen LogP contribution >= 0.6 is 0 Å². The number of nitrogens with zero attached hydrogens (tertiary/aromatic N) is 2. The highest BCUT2D eigenvalue weighted by Crippen LogP contribution is 2.28. The summed E-state index contributed by atoms with van der Waals surface area (Å²) in [6, 6.07) is 1.73. The summed E-state index contributed by atoms with van der Waals surface area (Å²) in [6.45, 7) is 8.50. The summed E-state index contributed by atoms with van der Waals surface area (Å²) in [5.41, 5.74) is 0. The molecule has 1 saturated heterocycles. The Hall–Kier alpha value is -0.0800. The Labute approximate surface area is 94.6 Å². The van der Waals surface area contributed by atoms with E-state index in [1.54, 1.807) is 0 Å². The minimum atomic E-state index is 0.850. The maximum atomic E-state index is 2.66. The molecule has 2 nitrogen and oxygen atoms in total. The van der Waals surface area contributed by atoms with E-state index in [1.807, 2.05) is 0 Å². The molecule has 88 valence electrons. The van der Waals surface area contributed by atoms with Crippen LogP contribution in [0.25, 0.3) is 0 Å². The maximum Gasteiger partial charge on any atom is 0.0350 e. The van der Waals surface area contributed by atoms with Crippen molar-refractivity contribution in [3.05, 3.63) is 0 Å². The zero-order valence-corrected chi connectivity index (χ0v) is 10.6. The van der Waals surface area contributed by atoms with Crippen LogP contribution in [0.2, 0.25) is 0 Å². The molecule has 0 atom stereocenters. The predicted molar refractivity (Wildman–Crippen MR) is 65.1 cm³/mol. The van der Waals surface area contributed by atoms with Crippen LogP contribution < -0.4 is 0 Å². The predicted octanol–water partition coefficient (Wildman–Crippen LogP) is 2.20. The summed E-state index contributed by atoms with van der Waals surface area (Å²) >= 11 is 0. The van der Waals surface area contributed by atoms with Gasteiger partial charge in [0.15, 0.2) is 0 Å². The molecule has 1 aliphatic carbocycles. The molecule has 0 aromatic carbocycles. The van der Waals surface area contributed by atoms with Crippen LogP contribution in [0.3, 0.4) is 0 Å². The molecule has 0 spiro atoms. The molecular formula is C13H26N2. The van der Waals surface area contributed by atoms with Gasteiger partial charge in [-0.15, -0.1) is 0 Å². The van der Waals surface area contributed by atoms with Crippen molar-refractivity contribution in [3.63, 3.8) is 0 Å². The third-order valence-corrected chi connectivity index (χ3v) is 4.52. The summed E-state index contributed by atoms with van der Waals surface area (Å²) in [4.78, 5) is 5.20. The van der Waals surface area contributed by atoms with E-state index < -0.39 is 0 Å². The zero-order chi connectivity index (χ0) is 10.8. The first-order valence-corrected chi connectivity index (χ1v) is 6.65. The summed E-state index contributed by atoms with van der Waals surface area (Å²) in [5, 5.41) is 0. The fourth-order valence-electron chi connectivity index (χ4n) is 3.01. The molecule has 1 saturated carbocycles. The van der Waals surface area contributed by atoms with Crippen LogP contribution in [0.1, 0.15) is 39.5 Å². The molecule has 2 fully saturated rings. The van der Waals surface area contributed by atoms with Crippen LogP contribution in [-0.2, 0) is 0 Å². The van der Waals surface area contributed by atoms with Gasteiger partial charge in [-0.05, 0) is 45.2 Å². The smallest absolute Gasteiger partial charge is 0.0350 e. The first kappa shape index (κ1) is 11.4. The van der Waals surface area contributed by atoms with E-state index in [1.165, 1.54) is 45.3 Å². The van der Waals surface area contributed by atoms with Crippen LogP contribution in [-0.4, -0.2) is 48.6 Å². The van der Waals surface area contributed by atoms with Crippen LogP contribution in [0.5, 0.6) is 0 Å². The quantitative estimate of drug-likeness (QED) is 0.704. The fourth-order valence-corrected chi connectivity index (χ4v) is 3.01. The highest BCUT2D eigenvalue weighted by atomic mass is 15.3. The van der Waals surface area contributed by atoms with E-state index in [0.29, 0.717) is 0 Å². The normalized spacial score (nSPS) is 34.4. The molecule has 0 aromatic heterocycles. The first-order chi connectivity index (χ1) is 7.20. The van der Waals surface area contributed by atoms with Gasteiger partial charge in [0.2, 0.25) is 0 Å². The van der Waals surface area contributed by atoms with Crippen LogP contribution in [0.4, 0.5) is 0 Å². The Morgan fingerprint density at radius 2 is 1.67 bits per heavy atom. The third kappa shape index (κ3) is 2.54. The highest BCUT2D eigenvalue weighted by Gasteiger charge is 2.33. The van der Waals surface area contributed by atoms with Gasteiger partial charge in [-0.25, -0.2) is 0 Å². The van der Waals surface area contributed by atoms with Gasteiger partial charge in [0.1, 0.15) is 0 Å². The second-order valence-electron chi connectivity index (χ2n) is 5.59. The van der Waals surface area contributed by atoms with Crippen molar-refractivity contribution in [2.24, 2.45) is 5.92 Å². The molecule has 1 heterocycles. The van der Waals surface area contributed by atoms with Crippen molar-refractivity contribution >= 4 is 0 Å². The van der Waals surface area contributed by atoms with Gasteiger partial charge in [-0.2, -0.15) is 0 Å². The average molecular weight is 210 g/mol. The molecule has 2 aliphatic rings. The summed E-state index contributed by atoms with van der Waals surface area (Å²) in [7, 11) is 2.35. The third-order valence-electron chi connectivity index (χ3n) is 4.52. The van der Waals surface area contributed by atoms with Gasteiger partial charge >= 0.3 is 0 Å². The number of hydrogen-bond donors (Lipinski definition) is 0. The van der Waals surface area contributed by atoms with Gasteiger partial charge < -0.3 is 4.90 Å². The number of hydrogen-bond acceptors (Lipinski definition) is 2. The van der Waals surface area contributed by atoms with Gasteiger partial charge in [0.05, 0.1) is 0 Å². The van der Waals surface area contributed by atoms with E-state index >= 15 is 0 Å². The second-order valence-corrected chi connectivity index (χ2v) is 5.59. The number of likely N-dealkylation sites (N-methyl/N-ethyl adjacent to an activating group) is 2. The molecule has 15 heavy (non-hydrogen) atoms. The topological polar surface area (TPSA) is 6.48 Å². The lowest BCUT2D eigenvalue weighted by atomic mass is 9.86. The molecule has 0 amide bonds. The zero-order valence-electron chi connectivity index (χ0n) is 10.6. The first-order valence-electron chi connectivity index (χ1n) is 6.65. The average Bonchev–Trinajstić information content (AvgIpc) is 2.17. The maximum absolute atomic E-state index is 2.66. The van der Waals surface area contributed by atoms with Crippen molar-refractivity contribution in [1.29, 1.82) is 0 Å². The van der Waals surface area contributed by atoms with E-state index in [0.717, 1.165) is 18.0 Å². The molecular weight excluding hydrogens is 184 g/mol. The number of likely N-dealkylation sites (tertiary alicyclic amines) is 1. The van der Waals surface area contributed by atoms with E-state index in [-0.39, 0.29) is 0 Å². The fraction of sp³-hybridized carbons (Fsp3) is 1.00. The molecule has 0 bridgehead atoms. The number of rotatable bonds is 3. The van der Waals surface area contributed by atoms with Crippen molar-refractivity contribution in [1.82, 2.24) is 9.80 Å². The largest absolute Gasteiger partial charge is 0.300 e. The SMILES string of the molecule is CCN1CC(N(C)C2CCC(C)CC2)C1. The molecule has 0 radical (unpaired) electrons. The lowest BCUT2D eigenvalue weighted by molar-refractivity contribution is 0.0153. The van der Waals surface area contributed by atoms with Gasteiger partial charge in [-0.3, -0.25) is 4.90 Å². The second kappa shape index (κ2) is 4.84. The Bertz CT molecular complexity index is 191. The molecule has 2 heteroatoms. The van der Waals surface area contributed by atoms with Crippen LogP contribution in [0, 0.1) is 5.92 Å². The van der Waals surface area contributed by atoms with Gasteiger partial charge in [0, 0.05) is 25.2 Å². The lowest BCUT2D eigenvalue weighted by Crippen LogP contribution is -2.60. The Morgan fingerprint density at radius 1 is 1.07 bits per heavy atom. The molecule has 2 rings (SSSR count). The molecule has 0 aromatic rings. The lowest BCUT2D eigenvalue weighted by Gasteiger charge is -2.47.